The van der Waals surface area contributed by atoms with E-state index in [-0.39, 0.29) is 5.28 Å². The summed E-state index contributed by atoms with van der Waals surface area (Å²) in [7, 11) is 3.71. The molecule has 1 heterocycles. The summed E-state index contributed by atoms with van der Waals surface area (Å²) in [6.45, 7) is 4.33. The van der Waals surface area contributed by atoms with Crippen LogP contribution in [-0.2, 0) is 0 Å². The van der Waals surface area contributed by atoms with Crippen LogP contribution in [0, 0.1) is 0 Å². The van der Waals surface area contributed by atoms with Crippen molar-refractivity contribution >= 4 is 29.2 Å². The van der Waals surface area contributed by atoms with E-state index >= 15 is 0 Å². The molecule has 0 atom stereocenters. The first-order valence-corrected chi connectivity index (χ1v) is 6.79. The summed E-state index contributed by atoms with van der Waals surface area (Å²) in [5, 5.41) is 3.30. The normalized spacial score (nSPS) is 10.7. The van der Waals surface area contributed by atoms with Gasteiger partial charge in [-0.1, -0.05) is 26.0 Å². The van der Waals surface area contributed by atoms with Gasteiger partial charge >= 0.3 is 0 Å². The Bertz CT molecular complexity index is 581. The zero-order valence-corrected chi connectivity index (χ0v) is 12.8. The number of benzene rings is 1. The van der Waals surface area contributed by atoms with Gasteiger partial charge in [-0.3, -0.25) is 0 Å². The van der Waals surface area contributed by atoms with Crippen molar-refractivity contribution in [1.29, 1.82) is 0 Å². The standard InChI is InChI=1S/C14H18ClN5/c1-9(2)10-5-7-11(8-6-10)16-13-17-12(15)18-14(19-13)20(3)4/h5-9H,1-4H3,(H,16,17,18,19). The van der Waals surface area contributed by atoms with E-state index in [0.29, 0.717) is 17.8 Å². The van der Waals surface area contributed by atoms with E-state index in [2.05, 4.69) is 46.2 Å². The van der Waals surface area contributed by atoms with Gasteiger partial charge in [-0.15, -0.1) is 0 Å². The highest BCUT2D eigenvalue weighted by Gasteiger charge is 2.07. The molecule has 0 aliphatic carbocycles. The molecule has 0 aliphatic heterocycles. The van der Waals surface area contributed by atoms with Gasteiger partial charge in [0, 0.05) is 19.8 Å². The third-order valence-corrected chi connectivity index (χ3v) is 3.00. The third-order valence-electron chi connectivity index (χ3n) is 2.83. The summed E-state index contributed by atoms with van der Waals surface area (Å²) >= 11 is 5.90. The molecule has 0 saturated heterocycles. The van der Waals surface area contributed by atoms with Crippen molar-refractivity contribution < 1.29 is 0 Å². The van der Waals surface area contributed by atoms with E-state index in [1.165, 1.54) is 5.56 Å². The molecule has 106 valence electrons. The molecule has 2 aromatic rings. The van der Waals surface area contributed by atoms with E-state index in [9.17, 15) is 0 Å². The van der Waals surface area contributed by atoms with Crippen molar-refractivity contribution in [2.45, 2.75) is 19.8 Å². The second-order valence-corrected chi connectivity index (χ2v) is 5.36. The number of aromatic nitrogens is 3. The first kappa shape index (κ1) is 14.5. The number of hydrogen-bond acceptors (Lipinski definition) is 5. The van der Waals surface area contributed by atoms with Crippen molar-refractivity contribution in [2.75, 3.05) is 24.3 Å². The molecule has 20 heavy (non-hydrogen) atoms. The van der Waals surface area contributed by atoms with Gasteiger partial charge in [-0.25, -0.2) is 0 Å². The number of hydrogen-bond donors (Lipinski definition) is 1. The summed E-state index contributed by atoms with van der Waals surface area (Å²) in [6.07, 6.45) is 0. The average Bonchev–Trinajstić information content (AvgIpc) is 2.38. The van der Waals surface area contributed by atoms with Crippen LogP contribution in [0.15, 0.2) is 24.3 Å². The van der Waals surface area contributed by atoms with Crippen LogP contribution in [0.1, 0.15) is 25.3 Å². The largest absolute Gasteiger partial charge is 0.347 e. The maximum absolute atomic E-state index is 5.90. The van der Waals surface area contributed by atoms with E-state index in [4.69, 9.17) is 11.6 Å². The zero-order chi connectivity index (χ0) is 14.7. The van der Waals surface area contributed by atoms with Crippen molar-refractivity contribution in [3.8, 4) is 0 Å². The summed E-state index contributed by atoms with van der Waals surface area (Å²) in [5.41, 5.74) is 2.21. The van der Waals surface area contributed by atoms with Gasteiger partial charge in [0.1, 0.15) is 0 Å². The van der Waals surface area contributed by atoms with Crippen LogP contribution < -0.4 is 10.2 Å². The molecule has 0 spiro atoms. The molecule has 2 rings (SSSR count). The molecule has 0 bridgehead atoms. The first-order chi connectivity index (χ1) is 9.45. The second kappa shape index (κ2) is 6.05. The Morgan fingerprint density at radius 3 is 2.25 bits per heavy atom. The SMILES string of the molecule is CC(C)c1ccc(Nc2nc(Cl)nc(N(C)C)n2)cc1. The fourth-order valence-electron chi connectivity index (χ4n) is 1.68. The molecule has 1 N–H and O–H groups in total. The second-order valence-electron chi connectivity index (χ2n) is 5.02. The fraction of sp³-hybridized carbons (Fsp3) is 0.357. The highest BCUT2D eigenvalue weighted by Crippen LogP contribution is 2.20. The van der Waals surface area contributed by atoms with Crippen LogP contribution >= 0.6 is 11.6 Å². The fourth-order valence-corrected chi connectivity index (χ4v) is 1.83. The maximum atomic E-state index is 5.90. The van der Waals surface area contributed by atoms with Crippen LogP contribution in [0.3, 0.4) is 0 Å². The van der Waals surface area contributed by atoms with Crippen LogP contribution in [0.5, 0.6) is 0 Å². The summed E-state index contributed by atoms with van der Waals surface area (Å²) < 4.78 is 0. The molecule has 1 aromatic heterocycles. The number of nitrogens with one attached hydrogen (secondary N) is 1. The Kier molecular flexibility index (Phi) is 4.39. The quantitative estimate of drug-likeness (QED) is 0.935. The third kappa shape index (κ3) is 3.57. The van der Waals surface area contributed by atoms with E-state index in [1.54, 1.807) is 4.90 Å². The van der Waals surface area contributed by atoms with Crippen molar-refractivity contribution in [1.82, 2.24) is 15.0 Å². The lowest BCUT2D eigenvalue weighted by atomic mass is 10.0. The topological polar surface area (TPSA) is 53.9 Å². The van der Waals surface area contributed by atoms with Gasteiger partial charge in [0.15, 0.2) is 0 Å². The highest BCUT2D eigenvalue weighted by molar-refractivity contribution is 6.28. The maximum Gasteiger partial charge on any atom is 0.233 e. The Hall–Kier alpha value is -1.88. The Balaban J connectivity index is 2.21. The predicted molar refractivity (Wildman–Crippen MR) is 83.0 cm³/mol. The minimum atomic E-state index is 0.171. The van der Waals surface area contributed by atoms with Gasteiger partial charge in [-0.2, -0.15) is 15.0 Å². The summed E-state index contributed by atoms with van der Waals surface area (Å²) in [6, 6.07) is 8.18. The zero-order valence-electron chi connectivity index (χ0n) is 12.1. The van der Waals surface area contributed by atoms with E-state index in [0.717, 1.165) is 5.69 Å². The molecular weight excluding hydrogens is 274 g/mol. The lowest BCUT2D eigenvalue weighted by Crippen LogP contribution is -2.14. The highest BCUT2D eigenvalue weighted by atomic mass is 35.5. The van der Waals surface area contributed by atoms with Gasteiger partial charge in [0.2, 0.25) is 17.2 Å². The van der Waals surface area contributed by atoms with Crippen LogP contribution in [-0.4, -0.2) is 29.0 Å². The van der Waals surface area contributed by atoms with Crippen molar-refractivity contribution in [3.63, 3.8) is 0 Å². The van der Waals surface area contributed by atoms with Crippen molar-refractivity contribution in [2.24, 2.45) is 0 Å². The Morgan fingerprint density at radius 1 is 1.05 bits per heavy atom. The molecule has 5 nitrogen and oxygen atoms in total. The Labute approximate surface area is 124 Å². The summed E-state index contributed by atoms with van der Waals surface area (Å²) in [4.78, 5) is 14.2. The predicted octanol–water partition coefficient (Wildman–Crippen LogP) is 3.46. The first-order valence-electron chi connectivity index (χ1n) is 6.41. The molecule has 0 aliphatic rings. The van der Waals surface area contributed by atoms with E-state index in [1.807, 2.05) is 26.2 Å². The smallest absolute Gasteiger partial charge is 0.233 e. The van der Waals surface area contributed by atoms with Gasteiger partial charge in [-0.05, 0) is 35.2 Å². The van der Waals surface area contributed by atoms with Crippen LogP contribution in [0.2, 0.25) is 5.28 Å². The van der Waals surface area contributed by atoms with E-state index < -0.39 is 0 Å². The average molecular weight is 292 g/mol. The molecule has 1 aromatic carbocycles. The lowest BCUT2D eigenvalue weighted by molar-refractivity contribution is 0.867. The number of nitrogens with zero attached hydrogens (tertiary/aromatic N) is 4. The number of halogens is 1. The monoisotopic (exact) mass is 291 g/mol. The molecule has 0 radical (unpaired) electrons. The molecule has 0 unspecified atom stereocenters. The van der Waals surface area contributed by atoms with Gasteiger partial charge in [0.05, 0.1) is 0 Å². The molecule has 0 saturated carbocycles. The minimum absolute atomic E-state index is 0.171. The molecule has 6 heteroatoms. The van der Waals surface area contributed by atoms with Gasteiger partial charge in [0.25, 0.3) is 0 Å². The summed E-state index contributed by atoms with van der Waals surface area (Å²) in [5.74, 6) is 1.47. The van der Waals surface area contributed by atoms with Gasteiger partial charge < -0.3 is 10.2 Å². The Morgan fingerprint density at radius 2 is 1.70 bits per heavy atom. The van der Waals surface area contributed by atoms with Crippen molar-refractivity contribution in [3.05, 3.63) is 35.1 Å². The lowest BCUT2D eigenvalue weighted by Gasteiger charge is -2.12. The molecule has 0 fully saturated rings. The molecule has 0 amide bonds. The molecular formula is C14H18ClN5. The number of anilines is 3. The van der Waals surface area contributed by atoms with Crippen LogP contribution in [0.4, 0.5) is 17.6 Å². The van der Waals surface area contributed by atoms with Crippen LogP contribution in [0.25, 0.3) is 0 Å². The minimum Gasteiger partial charge on any atom is -0.347 e. The number of rotatable bonds is 4.